The average Bonchev–Trinajstić information content (AvgIpc) is 3.29. The molecule has 3 rings (SSSR count). The Morgan fingerprint density at radius 2 is 2.31 bits per heavy atom. The monoisotopic (exact) mass is 430 g/mol. The maximum Gasteiger partial charge on any atom is 0.229 e. The summed E-state index contributed by atoms with van der Waals surface area (Å²) in [6.07, 6.45) is 4.60. The predicted octanol–water partition coefficient (Wildman–Crippen LogP) is 5.38. The number of anilines is 1. The van der Waals surface area contributed by atoms with Crippen LogP contribution in [0.25, 0.3) is 11.3 Å². The van der Waals surface area contributed by atoms with Crippen LogP contribution < -0.4 is 4.90 Å². The van der Waals surface area contributed by atoms with Gasteiger partial charge in [-0.3, -0.25) is 9.69 Å². The van der Waals surface area contributed by atoms with E-state index in [4.69, 9.17) is 27.9 Å². The van der Waals surface area contributed by atoms with E-state index in [2.05, 4.69) is 4.98 Å². The van der Waals surface area contributed by atoms with E-state index < -0.39 is 0 Å². The zero-order chi connectivity index (χ0) is 18.5. The van der Waals surface area contributed by atoms with E-state index in [-0.39, 0.29) is 12.0 Å². The minimum atomic E-state index is 0.0814. The van der Waals surface area contributed by atoms with Gasteiger partial charge in [0.05, 0.1) is 23.4 Å². The Labute approximate surface area is 171 Å². The van der Waals surface area contributed by atoms with Crippen LogP contribution >= 0.6 is 46.3 Å². The normalized spacial score (nSPS) is 16.8. The van der Waals surface area contributed by atoms with Crippen molar-refractivity contribution in [2.45, 2.75) is 25.4 Å². The van der Waals surface area contributed by atoms with Crippen LogP contribution in [0, 0.1) is 0 Å². The maximum atomic E-state index is 12.7. The van der Waals surface area contributed by atoms with Crippen molar-refractivity contribution in [2.24, 2.45) is 0 Å². The first kappa shape index (κ1) is 20.0. The summed E-state index contributed by atoms with van der Waals surface area (Å²) < 4.78 is 5.73. The fourth-order valence-electron chi connectivity index (χ4n) is 2.81. The second kappa shape index (κ2) is 9.42. The molecule has 0 saturated carbocycles. The molecule has 8 heteroatoms. The van der Waals surface area contributed by atoms with Crippen molar-refractivity contribution in [3.8, 4) is 11.3 Å². The van der Waals surface area contributed by atoms with Gasteiger partial charge in [0.25, 0.3) is 0 Å². The van der Waals surface area contributed by atoms with Crippen LogP contribution in [-0.4, -0.2) is 42.2 Å². The summed E-state index contributed by atoms with van der Waals surface area (Å²) in [6, 6.07) is 5.34. The summed E-state index contributed by atoms with van der Waals surface area (Å²) in [6.45, 7) is 1.32. The molecule has 1 aromatic carbocycles. The van der Waals surface area contributed by atoms with E-state index in [1.165, 1.54) is 11.3 Å². The van der Waals surface area contributed by atoms with Crippen molar-refractivity contribution in [3.63, 3.8) is 0 Å². The number of rotatable bonds is 7. The molecule has 1 saturated heterocycles. The van der Waals surface area contributed by atoms with E-state index in [0.29, 0.717) is 28.1 Å². The third-order valence-electron chi connectivity index (χ3n) is 4.16. The van der Waals surface area contributed by atoms with Crippen molar-refractivity contribution < 1.29 is 9.53 Å². The van der Waals surface area contributed by atoms with Crippen molar-refractivity contribution in [2.75, 3.05) is 30.1 Å². The van der Waals surface area contributed by atoms with Gasteiger partial charge < -0.3 is 4.74 Å². The van der Waals surface area contributed by atoms with Gasteiger partial charge in [-0.1, -0.05) is 23.2 Å². The summed E-state index contributed by atoms with van der Waals surface area (Å²) in [5.74, 6) is 0.875. The summed E-state index contributed by atoms with van der Waals surface area (Å²) in [5, 5.41) is 3.75. The highest BCUT2D eigenvalue weighted by Crippen LogP contribution is 2.34. The Kier molecular flexibility index (Phi) is 7.23. The molecule has 0 spiro atoms. The minimum absolute atomic E-state index is 0.0814. The molecule has 2 heterocycles. The SMILES string of the molecule is CSCCC(=O)N(C[C@H]1CCCO1)c1nc(-c2ccc(Cl)cc2Cl)cs1. The van der Waals surface area contributed by atoms with Gasteiger partial charge >= 0.3 is 0 Å². The number of aromatic nitrogens is 1. The van der Waals surface area contributed by atoms with Gasteiger partial charge in [0.2, 0.25) is 5.91 Å². The summed E-state index contributed by atoms with van der Waals surface area (Å²) in [7, 11) is 0. The molecule has 1 aliphatic heterocycles. The number of thiazole rings is 1. The second-order valence-corrected chi connectivity index (χ2v) is 8.69. The first-order chi connectivity index (χ1) is 12.6. The van der Waals surface area contributed by atoms with Crippen LogP contribution in [0.15, 0.2) is 23.6 Å². The molecule has 0 N–H and O–H groups in total. The quantitative estimate of drug-likeness (QED) is 0.590. The Hall–Kier alpha value is -0.790. The number of hydrogen-bond acceptors (Lipinski definition) is 5. The van der Waals surface area contributed by atoms with Gasteiger partial charge in [-0.25, -0.2) is 4.98 Å². The van der Waals surface area contributed by atoms with E-state index in [0.717, 1.165) is 36.5 Å². The molecular weight excluding hydrogens is 411 g/mol. The van der Waals surface area contributed by atoms with E-state index in [9.17, 15) is 4.79 Å². The lowest BCUT2D eigenvalue weighted by molar-refractivity contribution is -0.118. The first-order valence-electron chi connectivity index (χ1n) is 8.40. The Morgan fingerprint density at radius 3 is 3.00 bits per heavy atom. The maximum absolute atomic E-state index is 12.7. The van der Waals surface area contributed by atoms with Crippen LogP contribution in [0.5, 0.6) is 0 Å². The zero-order valence-corrected chi connectivity index (χ0v) is 17.6. The van der Waals surface area contributed by atoms with Gasteiger partial charge in [0, 0.05) is 34.7 Å². The highest BCUT2D eigenvalue weighted by Gasteiger charge is 2.26. The Morgan fingerprint density at radius 1 is 1.46 bits per heavy atom. The fourth-order valence-corrected chi connectivity index (χ4v) is 4.55. The standard InChI is InChI=1S/C18H20Cl2N2O2S2/c1-25-8-6-17(23)22(10-13-3-2-7-24-13)18-21-16(11-26-18)14-5-4-12(19)9-15(14)20/h4-5,9,11,13H,2-3,6-8,10H2,1H3/t13-/m1/s1. The molecule has 4 nitrogen and oxygen atoms in total. The molecule has 1 aliphatic rings. The Balaban J connectivity index is 1.83. The van der Waals surface area contributed by atoms with Gasteiger partial charge in [0.1, 0.15) is 0 Å². The molecule has 0 unspecified atom stereocenters. The molecule has 140 valence electrons. The van der Waals surface area contributed by atoms with E-state index in [1.807, 2.05) is 17.7 Å². The lowest BCUT2D eigenvalue weighted by Crippen LogP contribution is -2.37. The second-order valence-electron chi connectivity index (χ2n) is 6.02. The highest BCUT2D eigenvalue weighted by atomic mass is 35.5. The van der Waals surface area contributed by atoms with Gasteiger partial charge in [-0.2, -0.15) is 11.8 Å². The largest absolute Gasteiger partial charge is 0.376 e. The number of carbonyl (C=O) groups is 1. The number of carbonyl (C=O) groups excluding carboxylic acids is 1. The molecule has 0 radical (unpaired) electrons. The average molecular weight is 431 g/mol. The third kappa shape index (κ3) is 4.93. The van der Waals surface area contributed by atoms with Crippen LogP contribution in [0.1, 0.15) is 19.3 Å². The first-order valence-corrected chi connectivity index (χ1v) is 11.4. The van der Waals surface area contributed by atoms with Gasteiger partial charge in [-0.05, 0) is 37.3 Å². The molecule has 26 heavy (non-hydrogen) atoms. The number of amides is 1. The molecule has 0 bridgehead atoms. The van der Waals surface area contributed by atoms with Crippen LogP contribution in [-0.2, 0) is 9.53 Å². The Bertz CT molecular complexity index is 763. The minimum Gasteiger partial charge on any atom is -0.376 e. The number of hydrogen-bond donors (Lipinski definition) is 0. The van der Waals surface area contributed by atoms with E-state index in [1.54, 1.807) is 28.8 Å². The van der Waals surface area contributed by atoms with Crippen molar-refractivity contribution in [3.05, 3.63) is 33.6 Å². The molecule has 2 aromatic rings. The number of nitrogens with zero attached hydrogens (tertiary/aromatic N) is 2. The molecular formula is C18H20Cl2N2O2S2. The number of thioether (sulfide) groups is 1. The summed E-state index contributed by atoms with van der Waals surface area (Å²) >= 11 is 15.4. The lowest BCUT2D eigenvalue weighted by atomic mass is 10.2. The molecule has 1 atom stereocenters. The van der Waals surface area contributed by atoms with Gasteiger partial charge in [-0.15, -0.1) is 11.3 Å². The molecule has 1 amide bonds. The fraction of sp³-hybridized carbons (Fsp3) is 0.444. The highest BCUT2D eigenvalue weighted by molar-refractivity contribution is 7.98. The van der Waals surface area contributed by atoms with Crippen molar-refractivity contribution in [1.82, 2.24) is 4.98 Å². The summed E-state index contributed by atoms with van der Waals surface area (Å²) in [4.78, 5) is 19.2. The third-order valence-corrected chi connectivity index (χ3v) is 6.19. The number of ether oxygens (including phenoxy) is 1. The lowest BCUT2D eigenvalue weighted by Gasteiger charge is -2.23. The molecule has 1 aromatic heterocycles. The number of benzene rings is 1. The van der Waals surface area contributed by atoms with Crippen LogP contribution in [0.2, 0.25) is 10.0 Å². The number of halogens is 2. The summed E-state index contributed by atoms with van der Waals surface area (Å²) in [5.41, 5.74) is 1.56. The van der Waals surface area contributed by atoms with Crippen molar-refractivity contribution in [1.29, 1.82) is 0 Å². The van der Waals surface area contributed by atoms with E-state index >= 15 is 0 Å². The predicted molar refractivity (Wildman–Crippen MR) is 112 cm³/mol. The van der Waals surface area contributed by atoms with Crippen LogP contribution in [0.4, 0.5) is 5.13 Å². The molecule has 1 fully saturated rings. The smallest absolute Gasteiger partial charge is 0.229 e. The van der Waals surface area contributed by atoms with Gasteiger partial charge in [0.15, 0.2) is 5.13 Å². The van der Waals surface area contributed by atoms with Crippen LogP contribution in [0.3, 0.4) is 0 Å². The van der Waals surface area contributed by atoms with Crippen molar-refractivity contribution >= 4 is 57.3 Å². The zero-order valence-electron chi connectivity index (χ0n) is 14.4. The molecule has 0 aliphatic carbocycles. The topological polar surface area (TPSA) is 42.4 Å².